The van der Waals surface area contributed by atoms with Gasteiger partial charge in [-0.05, 0) is 54.8 Å². The maximum Gasteiger partial charge on any atom is 0.227 e. The van der Waals surface area contributed by atoms with Gasteiger partial charge in [0, 0.05) is 46.6 Å². The van der Waals surface area contributed by atoms with E-state index in [-0.39, 0.29) is 23.1 Å². The molecule has 5 heteroatoms. The Morgan fingerprint density at radius 2 is 1.74 bits per heavy atom. The van der Waals surface area contributed by atoms with E-state index in [0.29, 0.717) is 0 Å². The van der Waals surface area contributed by atoms with Gasteiger partial charge in [0.2, 0.25) is 11.8 Å². The summed E-state index contributed by atoms with van der Waals surface area (Å²) in [4.78, 5) is 28.4. The first-order chi connectivity index (χ1) is 15.1. The average molecular weight is 431 g/mol. The monoisotopic (exact) mass is 430 g/mol. The molecule has 1 aliphatic heterocycles. The summed E-state index contributed by atoms with van der Waals surface area (Å²) >= 11 is 1.68. The predicted molar refractivity (Wildman–Crippen MR) is 126 cm³/mol. The van der Waals surface area contributed by atoms with Crippen molar-refractivity contribution >= 4 is 34.5 Å². The van der Waals surface area contributed by atoms with Crippen LogP contribution in [0.1, 0.15) is 38.2 Å². The number of benzene rings is 2. The second-order valence-corrected chi connectivity index (χ2v) is 9.64. The summed E-state index contributed by atoms with van der Waals surface area (Å²) in [6, 6.07) is 20.4. The molecule has 1 aliphatic carbocycles. The third-order valence-corrected chi connectivity index (χ3v) is 7.80. The number of rotatable bonds is 3. The minimum Gasteiger partial charge on any atom is -0.325 e. The first kappa shape index (κ1) is 20.0. The molecule has 0 saturated heterocycles. The molecular weight excluding hydrogens is 404 g/mol. The van der Waals surface area contributed by atoms with E-state index in [1.807, 2.05) is 41.3 Å². The van der Waals surface area contributed by atoms with Crippen LogP contribution in [0.25, 0.3) is 10.4 Å². The number of hydrogen-bond donors (Lipinski definition) is 1. The van der Waals surface area contributed by atoms with Crippen LogP contribution < -0.4 is 10.2 Å². The van der Waals surface area contributed by atoms with Crippen LogP contribution in [0.2, 0.25) is 0 Å². The van der Waals surface area contributed by atoms with E-state index >= 15 is 0 Å². The first-order valence-corrected chi connectivity index (χ1v) is 11.8. The van der Waals surface area contributed by atoms with Crippen molar-refractivity contribution in [3.8, 4) is 10.4 Å². The summed E-state index contributed by atoms with van der Waals surface area (Å²) in [6.45, 7) is 2.37. The van der Waals surface area contributed by atoms with Crippen LogP contribution in [0.3, 0.4) is 0 Å². The summed E-state index contributed by atoms with van der Waals surface area (Å²) in [6.07, 6.45) is 3.54. The zero-order valence-electron chi connectivity index (χ0n) is 17.6. The Kier molecular flexibility index (Phi) is 5.14. The summed E-state index contributed by atoms with van der Waals surface area (Å²) in [5.41, 5.74) is 4.24. The number of fused-ring (bicyclic) bond motifs is 2. The number of nitrogens with one attached hydrogen (secondary N) is 1. The van der Waals surface area contributed by atoms with Crippen LogP contribution in [-0.4, -0.2) is 18.4 Å². The molecule has 0 atom stereocenters. The summed E-state index contributed by atoms with van der Waals surface area (Å²) < 4.78 is 0. The fourth-order valence-electron chi connectivity index (χ4n) is 5.25. The summed E-state index contributed by atoms with van der Waals surface area (Å²) in [7, 11) is 0. The van der Waals surface area contributed by atoms with E-state index in [2.05, 4.69) is 35.0 Å². The second-order valence-electron chi connectivity index (χ2n) is 8.69. The molecule has 2 aliphatic rings. The Balaban J connectivity index is 1.31. The Morgan fingerprint density at radius 3 is 2.48 bits per heavy atom. The van der Waals surface area contributed by atoms with Gasteiger partial charge in [-0.15, -0.1) is 11.3 Å². The van der Waals surface area contributed by atoms with Crippen LogP contribution in [0.15, 0.2) is 66.0 Å². The lowest BCUT2D eigenvalue weighted by Crippen LogP contribution is -2.40. The maximum atomic E-state index is 13.1. The lowest BCUT2D eigenvalue weighted by molar-refractivity contribution is -0.121. The third-order valence-electron chi connectivity index (χ3n) is 6.89. The highest BCUT2D eigenvalue weighted by Gasteiger charge is 2.46. The van der Waals surface area contributed by atoms with E-state index in [9.17, 15) is 9.59 Å². The molecule has 2 heterocycles. The van der Waals surface area contributed by atoms with E-state index in [0.717, 1.165) is 54.0 Å². The fraction of sp³-hybridized carbons (Fsp3) is 0.308. The molecule has 1 aromatic heterocycles. The zero-order valence-corrected chi connectivity index (χ0v) is 18.5. The number of anilines is 2. The highest BCUT2D eigenvalue weighted by Crippen LogP contribution is 2.50. The number of thiophene rings is 1. The van der Waals surface area contributed by atoms with Gasteiger partial charge in [0.05, 0.1) is 0 Å². The Morgan fingerprint density at radius 1 is 1.00 bits per heavy atom. The Bertz CT molecular complexity index is 1110. The van der Waals surface area contributed by atoms with Crippen LogP contribution >= 0.6 is 11.3 Å². The maximum absolute atomic E-state index is 13.1. The molecule has 1 N–H and O–H groups in total. The van der Waals surface area contributed by atoms with Crippen LogP contribution in [-0.2, 0) is 15.0 Å². The van der Waals surface area contributed by atoms with Gasteiger partial charge in [0.25, 0.3) is 0 Å². The van der Waals surface area contributed by atoms with Crippen molar-refractivity contribution in [2.75, 3.05) is 16.8 Å². The zero-order chi connectivity index (χ0) is 21.4. The average Bonchev–Trinajstić information content (AvgIpc) is 3.42. The van der Waals surface area contributed by atoms with Crippen molar-refractivity contribution in [3.05, 3.63) is 71.6 Å². The van der Waals surface area contributed by atoms with Gasteiger partial charge in [0.15, 0.2) is 0 Å². The predicted octanol–water partition coefficient (Wildman–Crippen LogP) is 5.85. The third kappa shape index (κ3) is 3.57. The molecule has 0 radical (unpaired) electrons. The molecule has 158 valence electrons. The van der Waals surface area contributed by atoms with Gasteiger partial charge >= 0.3 is 0 Å². The van der Waals surface area contributed by atoms with Crippen molar-refractivity contribution in [2.45, 2.75) is 38.0 Å². The van der Waals surface area contributed by atoms with E-state index in [1.165, 1.54) is 5.56 Å². The molecule has 0 bridgehead atoms. The van der Waals surface area contributed by atoms with Gasteiger partial charge < -0.3 is 10.2 Å². The molecule has 4 nitrogen and oxygen atoms in total. The van der Waals surface area contributed by atoms with Gasteiger partial charge in [-0.2, -0.15) is 0 Å². The second kappa shape index (κ2) is 7.97. The molecule has 31 heavy (non-hydrogen) atoms. The highest BCUT2D eigenvalue weighted by atomic mass is 32.1. The molecule has 2 amide bonds. The van der Waals surface area contributed by atoms with Crippen molar-refractivity contribution in [1.29, 1.82) is 0 Å². The van der Waals surface area contributed by atoms with Gasteiger partial charge in [-0.25, -0.2) is 0 Å². The highest BCUT2D eigenvalue weighted by molar-refractivity contribution is 7.13. The first-order valence-electron chi connectivity index (χ1n) is 10.9. The molecule has 3 aromatic rings. The lowest BCUT2D eigenvalue weighted by atomic mass is 9.67. The molecule has 1 spiro atoms. The lowest BCUT2D eigenvalue weighted by Gasteiger charge is -2.37. The van der Waals surface area contributed by atoms with Crippen molar-refractivity contribution < 1.29 is 9.59 Å². The van der Waals surface area contributed by atoms with Crippen LogP contribution in [0, 0.1) is 5.92 Å². The van der Waals surface area contributed by atoms with Gasteiger partial charge in [0.1, 0.15) is 0 Å². The minimum atomic E-state index is -0.0199. The van der Waals surface area contributed by atoms with Crippen molar-refractivity contribution in [2.24, 2.45) is 5.92 Å². The van der Waals surface area contributed by atoms with Gasteiger partial charge in [-0.1, -0.05) is 42.5 Å². The standard InChI is InChI=1S/C26H26N2O2S/c1-18(29)28-17-26(21-8-3-5-10-23(21)28)14-12-19(13-15-26)25(30)27-22-9-4-2-7-20(22)24-11-6-16-31-24/h2-11,16,19H,12-15,17H2,1H3,(H,27,30). The number of carbonyl (C=O) groups is 2. The van der Waals surface area contributed by atoms with Crippen molar-refractivity contribution in [1.82, 2.24) is 0 Å². The smallest absolute Gasteiger partial charge is 0.227 e. The Labute approximate surface area is 186 Å². The molecular formula is C26H26N2O2S. The quantitative estimate of drug-likeness (QED) is 0.567. The molecule has 5 rings (SSSR count). The van der Waals surface area contributed by atoms with Gasteiger partial charge in [-0.3, -0.25) is 9.59 Å². The van der Waals surface area contributed by atoms with Crippen LogP contribution in [0.5, 0.6) is 0 Å². The normalized spacial score (nSPS) is 22.4. The van der Waals surface area contributed by atoms with Crippen molar-refractivity contribution in [3.63, 3.8) is 0 Å². The van der Waals surface area contributed by atoms with E-state index < -0.39 is 0 Å². The number of nitrogens with zero attached hydrogens (tertiary/aromatic N) is 1. The fourth-order valence-corrected chi connectivity index (χ4v) is 6.01. The molecule has 1 fully saturated rings. The molecule has 2 aromatic carbocycles. The SMILES string of the molecule is CC(=O)N1CC2(CCC(C(=O)Nc3ccccc3-c3cccs3)CC2)c2ccccc21. The Hall–Kier alpha value is -2.92. The summed E-state index contributed by atoms with van der Waals surface area (Å²) in [5, 5.41) is 5.25. The molecule has 0 unspecified atom stereocenters. The van der Waals surface area contributed by atoms with E-state index in [4.69, 9.17) is 0 Å². The summed E-state index contributed by atoms with van der Waals surface area (Å²) in [5.74, 6) is 0.198. The number of hydrogen-bond acceptors (Lipinski definition) is 3. The topological polar surface area (TPSA) is 49.4 Å². The largest absolute Gasteiger partial charge is 0.325 e. The number of amides is 2. The number of carbonyl (C=O) groups excluding carboxylic acids is 2. The number of para-hydroxylation sites is 2. The molecule has 1 saturated carbocycles. The minimum absolute atomic E-state index is 0.000516. The van der Waals surface area contributed by atoms with Crippen LogP contribution in [0.4, 0.5) is 11.4 Å². The van der Waals surface area contributed by atoms with E-state index in [1.54, 1.807) is 18.3 Å².